The van der Waals surface area contributed by atoms with Crippen LogP contribution < -0.4 is 5.73 Å². The van der Waals surface area contributed by atoms with E-state index in [1.54, 1.807) is 4.31 Å². The monoisotopic (exact) mass is 246 g/mol. The summed E-state index contributed by atoms with van der Waals surface area (Å²) in [7, 11) is -3.01. The second-order valence-corrected chi connectivity index (χ2v) is 7.35. The molecule has 4 nitrogen and oxygen atoms in total. The van der Waals surface area contributed by atoms with E-state index in [4.69, 9.17) is 5.73 Å². The van der Waals surface area contributed by atoms with E-state index in [2.05, 4.69) is 0 Å². The summed E-state index contributed by atoms with van der Waals surface area (Å²) in [5.74, 6) is 1.13. The Bertz CT molecular complexity index is 336. The van der Waals surface area contributed by atoms with Gasteiger partial charge in [-0.05, 0) is 44.4 Å². The van der Waals surface area contributed by atoms with Crippen LogP contribution in [0.1, 0.15) is 32.6 Å². The average Bonchev–Trinajstić information content (AvgIpc) is 3.01. The van der Waals surface area contributed by atoms with Crippen molar-refractivity contribution in [3.63, 3.8) is 0 Å². The summed E-state index contributed by atoms with van der Waals surface area (Å²) in [5, 5.41) is 0. The summed E-state index contributed by atoms with van der Waals surface area (Å²) in [6.45, 7) is 3.30. The first-order valence-corrected chi connectivity index (χ1v) is 7.83. The summed E-state index contributed by atoms with van der Waals surface area (Å²) in [6.07, 6.45) is 4.19. The number of sulfonamides is 1. The summed E-state index contributed by atoms with van der Waals surface area (Å²) < 4.78 is 25.8. The van der Waals surface area contributed by atoms with E-state index in [0.717, 1.165) is 25.7 Å². The fourth-order valence-electron chi connectivity index (χ4n) is 2.34. The molecule has 0 amide bonds. The molecule has 2 fully saturated rings. The highest BCUT2D eigenvalue weighted by molar-refractivity contribution is 7.89. The molecule has 0 aromatic heterocycles. The molecule has 5 heteroatoms. The van der Waals surface area contributed by atoms with Crippen LogP contribution in [0.4, 0.5) is 0 Å². The lowest BCUT2D eigenvalue weighted by Crippen LogP contribution is -2.45. The van der Waals surface area contributed by atoms with Gasteiger partial charge in [-0.15, -0.1) is 0 Å². The zero-order chi connectivity index (χ0) is 11.8. The molecule has 0 radical (unpaired) electrons. The molecular weight excluding hydrogens is 224 g/mol. The third-order valence-electron chi connectivity index (χ3n) is 3.70. The Morgan fingerprint density at radius 2 is 2.06 bits per heavy atom. The van der Waals surface area contributed by atoms with E-state index in [0.29, 0.717) is 30.7 Å². The Morgan fingerprint density at radius 3 is 2.62 bits per heavy atom. The quantitative estimate of drug-likeness (QED) is 0.797. The number of hydrogen-bond acceptors (Lipinski definition) is 3. The lowest BCUT2D eigenvalue weighted by Gasteiger charge is -2.33. The van der Waals surface area contributed by atoms with Crippen molar-refractivity contribution in [1.29, 1.82) is 0 Å². The van der Waals surface area contributed by atoms with Gasteiger partial charge >= 0.3 is 0 Å². The topological polar surface area (TPSA) is 63.4 Å². The highest BCUT2D eigenvalue weighted by Crippen LogP contribution is 2.32. The Labute approximate surface area is 98.2 Å². The molecule has 2 unspecified atom stereocenters. The summed E-state index contributed by atoms with van der Waals surface area (Å²) >= 11 is 0. The molecule has 94 valence electrons. The molecule has 1 aliphatic heterocycles. The highest BCUT2D eigenvalue weighted by atomic mass is 32.2. The van der Waals surface area contributed by atoms with Crippen LogP contribution in [0.3, 0.4) is 0 Å². The Balaban J connectivity index is 1.97. The number of nitrogens with zero attached hydrogens (tertiary/aromatic N) is 1. The van der Waals surface area contributed by atoms with Crippen LogP contribution in [0.15, 0.2) is 0 Å². The molecule has 2 rings (SSSR count). The zero-order valence-corrected chi connectivity index (χ0v) is 10.7. The molecule has 0 aromatic rings. The van der Waals surface area contributed by atoms with Gasteiger partial charge in [-0.25, -0.2) is 12.7 Å². The lowest BCUT2D eigenvalue weighted by molar-refractivity contribution is 0.243. The Hall–Kier alpha value is -0.130. The molecule has 1 aliphatic carbocycles. The molecule has 1 saturated carbocycles. The van der Waals surface area contributed by atoms with Gasteiger partial charge in [-0.1, -0.05) is 0 Å². The first kappa shape index (κ1) is 12.3. The fraction of sp³-hybridized carbons (Fsp3) is 1.00. The van der Waals surface area contributed by atoms with Crippen LogP contribution in [-0.4, -0.2) is 37.6 Å². The second kappa shape index (κ2) is 4.63. The normalized spacial score (nSPS) is 30.2. The van der Waals surface area contributed by atoms with Gasteiger partial charge in [0.1, 0.15) is 0 Å². The zero-order valence-electron chi connectivity index (χ0n) is 9.93. The van der Waals surface area contributed by atoms with Gasteiger partial charge in [0, 0.05) is 19.1 Å². The van der Waals surface area contributed by atoms with Crippen LogP contribution in [0, 0.1) is 11.8 Å². The van der Waals surface area contributed by atoms with E-state index in [9.17, 15) is 8.42 Å². The maximum absolute atomic E-state index is 12.1. The van der Waals surface area contributed by atoms with Crippen LogP contribution >= 0.6 is 0 Å². The minimum Gasteiger partial charge on any atom is -0.328 e. The molecule has 0 spiro atoms. The minimum absolute atomic E-state index is 0.0962. The summed E-state index contributed by atoms with van der Waals surface area (Å²) in [4.78, 5) is 0. The second-order valence-electron chi connectivity index (χ2n) is 5.34. The lowest BCUT2D eigenvalue weighted by atomic mass is 9.93. The number of nitrogens with two attached hydrogens (primary N) is 1. The van der Waals surface area contributed by atoms with E-state index in [1.807, 2.05) is 6.92 Å². The number of piperidine rings is 1. The number of hydrogen-bond donors (Lipinski definition) is 1. The molecule has 1 heterocycles. The first-order chi connectivity index (χ1) is 7.49. The van der Waals surface area contributed by atoms with Crippen molar-refractivity contribution >= 4 is 10.0 Å². The fourth-order valence-corrected chi connectivity index (χ4v) is 4.31. The smallest absolute Gasteiger partial charge is 0.214 e. The van der Waals surface area contributed by atoms with Gasteiger partial charge in [-0.3, -0.25) is 0 Å². The maximum atomic E-state index is 12.1. The minimum atomic E-state index is -3.01. The van der Waals surface area contributed by atoms with Crippen LogP contribution in [0.5, 0.6) is 0 Å². The van der Waals surface area contributed by atoms with Gasteiger partial charge in [-0.2, -0.15) is 0 Å². The summed E-state index contributed by atoms with van der Waals surface area (Å²) in [5.41, 5.74) is 5.86. The average molecular weight is 246 g/mol. The van der Waals surface area contributed by atoms with Crippen molar-refractivity contribution in [2.24, 2.45) is 17.6 Å². The van der Waals surface area contributed by atoms with Crippen molar-refractivity contribution in [3.05, 3.63) is 0 Å². The molecule has 0 bridgehead atoms. The summed E-state index contributed by atoms with van der Waals surface area (Å²) in [6, 6.07) is 0.0962. The SMILES string of the molecule is CC(N)C1CCCN(S(=O)(=O)CC2CC2)C1. The molecule has 2 N–H and O–H groups in total. The third-order valence-corrected chi connectivity index (χ3v) is 5.71. The van der Waals surface area contributed by atoms with Crippen LogP contribution in [0.2, 0.25) is 0 Å². The molecule has 1 saturated heterocycles. The van der Waals surface area contributed by atoms with E-state index >= 15 is 0 Å². The van der Waals surface area contributed by atoms with Gasteiger partial charge < -0.3 is 5.73 Å². The van der Waals surface area contributed by atoms with E-state index in [1.165, 1.54) is 0 Å². The van der Waals surface area contributed by atoms with Crippen molar-refractivity contribution in [2.45, 2.75) is 38.6 Å². The molecular formula is C11H22N2O2S. The third kappa shape index (κ3) is 2.96. The molecule has 2 atom stereocenters. The van der Waals surface area contributed by atoms with Gasteiger partial charge in [0.15, 0.2) is 0 Å². The maximum Gasteiger partial charge on any atom is 0.214 e. The van der Waals surface area contributed by atoms with E-state index < -0.39 is 10.0 Å². The van der Waals surface area contributed by atoms with Crippen molar-refractivity contribution in [2.75, 3.05) is 18.8 Å². The molecule has 16 heavy (non-hydrogen) atoms. The van der Waals surface area contributed by atoms with Crippen molar-refractivity contribution < 1.29 is 8.42 Å². The predicted octanol–water partition coefficient (Wildman–Crippen LogP) is 0.785. The van der Waals surface area contributed by atoms with Crippen molar-refractivity contribution in [3.8, 4) is 0 Å². The Morgan fingerprint density at radius 1 is 1.38 bits per heavy atom. The van der Waals surface area contributed by atoms with Gasteiger partial charge in [0.2, 0.25) is 10.0 Å². The van der Waals surface area contributed by atoms with Gasteiger partial charge in [0.05, 0.1) is 5.75 Å². The van der Waals surface area contributed by atoms with Gasteiger partial charge in [0.25, 0.3) is 0 Å². The standard InChI is InChI=1S/C11H22N2O2S/c1-9(12)11-3-2-6-13(7-11)16(14,15)8-10-4-5-10/h9-11H,2-8,12H2,1H3. The van der Waals surface area contributed by atoms with E-state index in [-0.39, 0.29) is 6.04 Å². The predicted molar refractivity (Wildman–Crippen MR) is 64.5 cm³/mol. The largest absolute Gasteiger partial charge is 0.328 e. The van der Waals surface area contributed by atoms with Crippen molar-refractivity contribution in [1.82, 2.24) is 4.31 Å². The highest BCUT2D eigenvalue weighted by Gasteiger charge is 2.35. The van der Waals surface area contributed by atoms with Crippen LogP contribution in [-0.2, 0) is 10.0 Å². The molecule has 2 aliphatic rings. The molecule has 0 aromatic carbocycles. The number of rotatable bonds is 4. The first-order valence-electron chi connectivity index (χ1n) is 6.22. The Kier molecular flexibility index (Phi) is 3.56. The van der Waals surface area contributed by atoms with Crippen LogP contribution in [0.25, 0.3) is 0 Å².